The van der Waals surface area contributed by atoms with Crippen LogP contribution in [0.1, 0.15) is 29.8 Å². The van der Waals surface area contributed by atoms with Gasteiger partial charge in [0.05, 0.1) is 6.61 Å². The van der Waals surface area contributed by atoms with E-state index >= 15 is 0 Å². The van der Waals surface area contributed by atoms with Crippen molar-refractivity contribution in [3.05, 3.63) is 65.5 Å². The van der Waals surface area contributed by atoms with Crippen LogP contribution in [0.3, 0.4) is 0 Å². The maximum absolute atomic E-state index is 13.1. The monoisotopic (exact) mass is 327 g/mol. The molecule has 3 rings (SSSR count). The molecule has 1 unspecified atom stereocenters. The van der Waals surface area contributed by atoms with Crippen molar-refractivity contribution in [1.82, 2.24) is 4.90 Å². The van der Waals surface area contributed by atoms with Crippen molar-refractivity contribution >= 4 is 5.91 Å². The highest BCUT2D eigenvalue weighted by atomic mass is 19.1. The van der Waals surface area contributed by atoms with Gasteiger partial charge in [0.25, 0.3) is 5.91 Å². The summed E-state index contributed by atoms with van der Waals surface area (Å²) in [5.41, 5.74) is 1.70. The molecule has 1 aliphatic rings. The minimum Gasteiger partial charge on any atom is -0.493 e. The average molecular weight is 327 g/mol. The molecule has 0 aliphatic carbocycles. The van der Waals surface area contributed by atoms with Crippen LogP contribution in [-0.2, 0) is 6.42 Å². The topological polar surface area (TPSA) is 29.5 Å². The summed E-state index contributed by atoms with van der Waals surface area (Å²) in [4.78, 5) is 14.6. The van der Waals surface area contributed by atoms with E-state index in [9.17, 15) is 9.18 Å². The van der Waals surface area contributed by atoms with Crippen LogP contribution in [0, 0.1) is 11.7 Å². The molecular formula is C20H22FNO2. The predicted molar refractivity (Wildman–Crippen MR) is 91.7 cm³/mol. The predicted octanol–water partition coefficient (Wildman–Crippen LogP) is 3.93. The number of fused-ring (bicyclic) bond motifs is 1. The fourth-order valence-electron chi connectivity index (χ4n) is 3.07. The molecule has 2 aromatic rings. The van der Waals surface area contributed by atoms with E-state index in [4.69, 9.17) is 4.74 Å². The van der Waals surface area contributed by atoms with E-state index in [-0.39, 0.29) is 23.7 Å². The first kappa shape index (κ1) is 16.5. The number of para-hydroxylation sites is 1. The SMILES string of the molecule is CC(C)N(CC1COc2ccccc2C1)C(=O)c1ccc(F)cc1. The van der Waals surface area contributed by atoms with Gasteiger partial charge < -0.3 is 9.64 Å². The molecule has 0 aromatic heterocycles. The molecule has 3 nitrogen and oxygen atoms in total. The lowest BCUT2D eigenvalue weighted by Crippen LogP contribution is -2.43. The van der Waals surface area contributed by atoms with Crippen LogP contribution in [0.15, 0.2) is 48.5 Å². The van der Waals surface area contributed by atoms with Crippen molar-refractivity contribution in [3.63, 3.8) is 0 Å². The van der Waals surface area contributed by atoms with Gasteiger partial charge in [-0.25, -0.2) is 4.39 Å². The van der Waals surface area contributed by atoms with E-state index in [1.54, 1.807) is 12.1 Å². The number of amides is 1. The summed E-state index contributed by atoms with van der Waals surface area (Å²) in [5, 5.41) is 0. The number of hydrogen-bond donors (Lipinski definition) is 0. The van der Waals surface area contributed by atoms with Crippen LogP contribution in [0.2, 0.25) is 0 Å². The van der Waals surface area contributed by atoms with Gasteiger partial charge in [0.2, 0.25) is 0 Å². The Morgan fingerprint density at radius 2 is 1.92 bits per heavy atom. The van der Waals surface area contributed by atoms with Crippen molar-refractivity contribution < 1.29 is 13.9 Å². The first-order chi connectivity index (χ1) is 11.5. The van der Waals surface area contributed by atoms with Gasteiger partial charge in [-0.15, -0.1) is 0 Å². The van der Waals surface area contributed by atoms with Crippen LogP contribution in [0.5, 0.6) is 5.75 Å². The first-order valence-electron chi connectivity index (χ1n) is 8.32. The molecule has 0 fully saturated rings. The fourth-order valence-corrected chi connectivity index (χ4v) is 3.07. The Morgan fingerprint density at radius 1 is 1.21 bits per heavy atom. The van der Waals surface area contributed by atoms with Crippen molar-refractivity contribution in [1.29, 1.82) is 0 Å². The minimum absolute atomic E-state index is 0.0659. The Morgan fingerprint density at radius 3 is 2.62 bits per heavy atom. The summed E-state index contributed by atoms with van der Waals surface area (Å²) in [5.74, 6) is 0.796. The highest BCUT2D eigenvalue weighted by Crippen LogP contribution is 2.27. The number of ether oxygens (including phenoxy) is 1. The van der Waals surface area contributed by atoms with E-state index in [1.165, 1.54) is 17.7 Å². The second-order valence-electron chi connectivity index (χ2n) is 6.55. The zero-order valence-corrected chi connectivity index (χ0v) is 14.0. The third-order valence-corrected chi connectivity index (χ3v) is 4.39. The molecule has 0 saturated carbocycles. The molecule has 126 valence electrons. The number of benzene rings is 2. The van der Waals surface area contributed by atoms with Crippen LogP contribution >= 0.6 is 0 Å². The molecule has 0 saturated heterocycles. The van der Waals surface area contributed by atoms with E-state index in [2.05, 4.69) is 6.07 Å². The van der Waals surface area contributed by atoms with Crippen LogP contribution in [0.25, 0.3) is 0 Å². The Labute approximate surface area is 142 Å². The number of hydrogen-bond acceptors (Lipinski definition) is 2. The summed E-state index contributed by atoms with van der Waals surface area (Å²) in [7, 11) is 0. The zero-order chi connectivity index (χ0) is 17.1. The molecule has 0 spiro atoms. The quantitative estimate of drug-likeness (QED) is 0.851. The van der Waals surface area contributed by atoms with Gasteiger partial charge in [-0.05, 0) is 56.2 Å². The second kappa shape index (κ2) is 7.04. The summed E-state index contributed by atoms with van der Waals surface area (Å²) < 4.78 is 18.9. The zero-order valence-electron chi connectivity index (χ0n) is 14.0. The fraction of sp³-hybridized carbons (Fsp3) is 0.350. The molecule has 2 aromatic carbocycles. The van der Waals surface area contributed by atoms with Crippen LogP contribution in [-0.4, -0.2) is 30.0 Å². The lowest BCUT2D eigenvalue weighted by Gasteiger charge is -2.33. The van der Waals surface area contributed by atoms with Crippen molar-refractivity contribution in [2.45, 2.75) is 26.3 Å². The molecular weight excluding hydrogens is 305 g/mol. The summed E-state index contributed by atoms with van der Waals surface area (Å²) in [6.07, 6.45) is 0.899. The highest BCUT2D eigenvalue weighted by Gasteiger charge is 2.26. The number of halogens is 1. The van der Waals surface area contributed by atoms with Gasteiger partial charge in [0, 0.05) is 24.1 Å². The first-order valence-corrected chi connectivity index (χ1v) is 8.32. The molecule has 1 heterocycles. The van der Waals surface area contributed by atoms with E-state index in [0.29, 0.717) is 18.7 Å². The van der Waals surface area contributed by atoms with Crippen molar-refractivity contribution in [2.24, 2.45) is 5.92 Å². The summed E-state index contributed by atoms with van der Waals surface area (Å²) >= 11 is 0. The number of nitrogens with zero attached hydrogens (tertiary/aromatic N) is 1. The second-order valence-corrected chi connectivity index (χ2v) is 6.55. The lowest BCUT2D eigenvalue weighted by atomic mass is 9.95. The molecule has 1 aliphatic heterocycles. The largest absolute Gasteiger partial charge is 0.493 e. The smallest absolute Gasteiger partial charge is 0.254 e. The van der Waals surface area contributed by atoms with Gasteiger partial charge >= 0.3 is 0 Å². The standard InChI is InChI=1S/C20H22FNO2/c1-14(2)22(20(23)16-7-9-18(21)10-8-16)12-15-11-17-5-3-4-6-19(17)24-13-15/h3-10,14-15H,11-13H2,1-2H3. The number of rotatable bonds is 4. The number of carbonyl (C=O) groups is 1. The highest BCUT2D eigenvalue weighted by molar-refractivity contribution is 5.94. The Balaban J connectivity index is 1.73. The molecule has 4 heteroatoms. The summed E-state index contributed by atoms with van der Waals surface area (Å²) in [6.45, 7) is 5.23. The average Bonchev–Trinajstić information content (AvgIpc) is 2.59. The maximum Gasteiger partial charge on any atom is 0.254 e. The van der Waals surface area contributed by atoms with Crippen molar-refractivity contribution in [3.8, 4) is 5.75 Å². The third-order valence-electron chi connectivity index (χ3n) is 4.39. The Hall–Kier alpha value is -2.36. The van der Waals surface area contributed by atoms with Gasteiger partial charge in [0.1, 0.15) is 11.6 Å². The van der Waals surface area contributed by atoms with Gasteiger partial charge in [-0.3, -0.25) is 4.79 Å². The lowest BCUT2D eigenvalue weighted by molar-refractivity contribution is 0.0636. The summed E-state index contributed by atoms with van der Waals surface area (Å²) in [6, 6.07) is 13.8. The maximum atomic E-state index is 13.1. The molecule has 1 amide bonds. The van der Waals surface area contributed by atoms with Crippen LogP contribution in [0.4, 0.5) is 4.39 Å². The third kappa shape index (κ3) is 3.58. The molecule has 0 N–H and O–H groups in total. The number of carbonyl (C=O) groups excluding carboxylic acids is 1. The van der Waals surface area contributed by atoms with Crippen molar-refractivity contribution in [2.75, 3.05) is 13.2 Å². The van der Waals surface area contributed by atoms with E-state index in [0.717, 1.165) is 12.2 Å². The Bertz CT molecular complexity index is 712. The molecule has 24 heavy (non-hydrogen) atoms. The van der Waals surface area contributed by atoms with Gasteiger partial charge in [-0.1, -0.05) is 18.2 Å². The van der Waals surface area contributed by atoms with E-state index in [1.807, 2.05) is 36.9 Å². The normalized spacial score (nSPS) is 16.4. The van der Waals surface area contributed by atoms with Gasteiger partial charge in [0.15, 0.2) is 0 Å². The van der Waals surface area contributed by atoms with Crippen LogP contribution < -0.4 is 4.74 Å². The molecule has 1 atom stereocenters. The van der Waals surface area contributed by atoms with E-state index < -0.39 is 0 Å². The Kier molecular flexibility index (Phi) is 4.84. The van der Waals surface area contributed by atoms with Gasteiger partial charge in [-0.2, -0.15) is 0 Å². The minimum atomic E-state index is -0.333. The molecule has 0 bridgehead atoms. The molecule has 0 radical (unpaired) electrons.